The van der Waals surface area contributed by atoms with E-state index in [-0.39, 0.29) is 24.7 Å². The molecule has 0 bridgehead atoms. The number of hydrogen-bond donors (Lipinski definition) is 1. The maximum Gasteiger partial charge on any atom is 0.336 e. The summed E-state index contributed by atoms with van der Waals surface area (Å²) in [5.74, 6) is -1.40. The third-order valence-electron chi connectivity index (χ3n) is 3.38. The van der Waals surface area contributed by atoms with Gasteiger partial charge in [-0.2, -0.15) is 0 Å². The first-order valence-electron chi connectivity index (χ1n) is 6.58. The molecule has 0 saturated heterocycles. The largest absolute Gasteiger partial charge is 0.478 e. The van der Waals surface area contributed by atoms with Crippen LogP contribution >= 0.6 is 0 Å². The Labute approximate surface area is 123 Å². The Bertz CT molecular complexity index is 499. The SMILES string of the molecule is CCC(C)(COOCc1ccccc1C(=O)O)C(=O)OC. The second kappa shape index (κ2) is 7.75. The van der Waals surface area contributed by atoms with Crippen LogP contribution in [0.1, 0.15) is 36.2 Å². The summed E-state index contributed by atoms with van der Waals surface area (Å²) in [6, 6.07) is 6.49. The van der Waals surface area contributed by atoms with E-state index in [2.05, 4.69) is 0 Å². The lowest BCUT2D eigenvalue weighted by Gasteiger charge is -2.23. The Morgan fingerprint density at radius 2 is 1.90 bits per heavy atom. The Hall–Kier alpha value is -1.92. The van der Waals surface area contributed by atoms with E-state index in [0.717, 1.165) is 0 Å². The predicted octanol–water partition coefficient (Wildman–Crippen LogP) is 2.42. The minimum absolute atomic E-state index is 0.0105. The van der Waals surface area contributed by atoms with Gasteiger partial charge in [0.15, 0.2) is 0 Å². The van der Waals surface area contributed by atoms with Gasteiger partial charge in [-0.3, -0.25) is 4.79 Å². The number of ether oxygens (including phenoxy) is 1. The molecule has 1 N–H and O–H groups in total. The molecule has 116 valence electrons. The first-order chi connectivity index (χ1) is 9.94. The van der Waals surface area contributed by atoms with Crippen molar-refractivity contribution in [3.63, 3.8) is 0 Å². The molecule has 0 fully saturated rings. The average molecular weight is 296 g/mol. The van der Waals surface area contributed by atoms with Gasteiger partial charge in [0.2, 0.25) is 0 Å². The molecule has 0 radical (unpaired) electrons. The summed E-state index contributed by atoms with van der Waals surface area (Å²) < 4.78 is 4.72. The molecular weight excluding hydrogens is 276 g/mol. The van der Waals surface area contributed by atoms with E-state index in [0.29, 0.717) is 12.0 Å². The van der Waals surface area contributed by atoms with Crippen molar-refractivity contribution in [2.45, 2.75) is 26.9 Å². The quantitative estimate of drug-likeness (QED) is 0.343. The number of carboxylic acids is 1. The summed E-state index contributed by atoms with van der Waals surface area (Å²) in [4.78, 5) is 32.8. The van der Waals surface area contributed by atoms with Crippen LogP contribution in [0.3, 0.4) is 0 Å². The number of benzene rings is 1. The molecule has 0 heterocycles. The number of rotatable bonds is 8. The number of carbonyl (C=O) groups excluding carboxylic acids is 1. The zero-order valence-electron chi connectivity index (χ0n) is 12.4. The Balaban J connectivity index is 2.55. The van der Waals surface area contributed by atoms with Gasteiger partial charge in [-0.25, -0.2) is 14.6 Å². The van der Waals surface area contributed by atoms with E-state index in [1.807, 2.05) is 6.92 Å². The molecule has 0 aliphatic rings. The number of carbonyl (C=O) groups is 2. The van der Waals surface area contributed by atoms with Crippen molar-refractivity contribution in [3.8, 4) is 0 Å². The molecule has 1 unspecified atom stereocenters. The third kappa shape index (κ3) is 4.54. The summed E-state index contributed by atoms with van der Waals surface area (Å²) in [6.45, 7) is 3.59. The molecule has 21 heavy (non-hydrogen) atoms. The molecule has 1 rings (SSSR count). The summed E-state index contributed by atoms with van der Waals surface area (Å²) in [6.07, 6.45) is 0.536. The molecule has 0 aliphatic heterocycles. The highest BCUT2D eigenvalue weighted by atomic mass is 17.2. The first kappa shape index (κ1) is 17.1. The number of esters is 1. The second-order valence-corrected chi connectivity index (χ2v) is 4.89. The molecule has 6 nitrogen and oxygen atoms in total. The Morgan fingerprint density at radius 1 is 1.24 bits per heavy atom. The van der Waals surface area contributed by atoms with Gasteiger partial charge in [-0.1, -0.05) is 25.1 Å². The predicted molar refractivity (Wildman–Crippen MR) is 74.6 cm³/mol. The zero-order valence-corrected chi connectivity index (χ0v) is 12.4. The summed E-state index contributed by atoms with van der Waals surface area (Å²) in [7, 11) is 1.32. The molecule has 1 aromatic carbocycles. The van der Waals surface area contributed by atoms with Gasteiger partial charge < -0.3 is 9.84 Å². The number of methoxy groups -OCH3 is 1. The minimum Gasteiger partial charge on any atom is -0.478 e. The fraction of sp³-hybridized carbons (Fsp3) is 0.467. The van der Waals surface area contributed by atoms with Crippen LogP contribution in [-0.2, 0) is 25.9 Å². The Morgan fingerprint density at radius 3 is 2.48 bits per heavy atom. The van der Waals surface area contributed by atoms with Gasteiger partial charge >= 0.3 is 11.9 Å². The fourth-order valence-electron chi connectivity index (χ4n) is 1.68. The molecule has 0 aliphatic carbocycles. The van der Waals surface area contributed by atoms with E-state index >= 15 is 0 Å². The number of aromatic carboxylic acids is 1. The smallest absolute Gasteiger partial charge is 0.336 e. The maximum atomic E-state index is 11.6. The van der Waals surface area contributed by atoms with Gasteiger partial charge in [0.25, 0.3) is 0 Å². The third-order valence-corrected chi connectivity index (χ3v) is 3.38. The van der Waals surface area contributed by atoms with Crippen molar-refractivity contribution in [1.82, 2.24) is 0 Å². The van der Waals surface area contributed by atoms with Crippen LogP contribution in [-0.4, -0.2) is 30.8 Å². The maximum absolute atomic E-state index is 11.6. The van der Waals surface area contributed by atoms with E-state index in [1.165, 1.54) is 13.2 Å². The molecule has 0 spiro atoms. The van der Waals surface area contributed by atoms with Crippen molar-refractivity contribution in [1.29, 1.82) is 0 Å². The average Bonchev–Trinajstić information content (AvgIpc) is 2.50. The fourth-order valence-corrected chi connectivity index (χ4v) is 1.68. The van der Waals surface area contributed by atoms with E-state index in [4.69, 9.17) is 19.6 Å². The van der Waals surface area contributed by atoms with Crippen LogP contribution in [0, 0.1) is 5.41 Å². The lowest BCUT2D eigenvalue weighted by atomic mass is 9.89. The standard InChI is InChI=1S/C15H20O6/c1-4-15(2,14(18)19-3)10-21-20-9-11-7-5-6-8-12(11)13(16)17/h5-8H,4,9-10H2,1-3H3,(H,16,17). The summed E-state index contributed by atoms with van der Waals surface area (Å²) >= 11 is 0. The molecule has 0 saturated carbocycles. The van der Waals surface area contributed by atoms with Crippen molar-refractivity contribution in [2.75, 3.05) is 13.7 Å². The minimum atomic E-state index is -1.03. The second-order valence-electron chi connectivity index (χ2n) is 4.89. The number of hydrogen-bond acceptors (Lipinski definition) is 5. The highest BCUT2D eigenvalue weighted by Crippen LogP contribution is 2.23. The normalized spacial score (nSPS) is 13.5. The summed E-state index contributed by atoms with van der Waals surface area (Å²) in [5, 5.41) is 9.04. The van der Waals surface area contributed by atoms with Crippen molar-refractivity contribution >= 4 is 11.9 Å². The van der Waals surface area contributed by atoms with Crippen LogP contribution in [0.25, 0.3) is 0 Å². The van der Waals surface area contributed by atoms with Crippen LogP contribution in [0.15, 0.2) is 24.3 Å². The molecule has 1 aromatic rings. The highest BCUT2D eigenvalue weighted by molar-refractivity contribution is 5.89. The zero-order chi connectivity index (χ0) is 15.9. The first-order valence-corrected chi connectivity index (χ1v) is 6.58. The molecule has 0 aromatic heterocycles. The van der Waals surface area contributed by atoms with Crippen LogP contribution in [0.5, 0.6) is 0 Å². The molecule has 1 atom stereocenters. The topological polar surface area (TPSA) is 82.1 Å². The molecule has 6 heteroatoms. The Kier molecular flexibility index (Phi) is 6.33. The van der Waals surface area contributed by atoms with Crippen LogP contribution < -0.4 is 0 Å². The van der Waals surface area contributed by atoms with E-state index in [1.54, 1.807) is 25.1 Å². The van der Waals surface area contributed by atoms with Crippen molar-refractivity contribution in [2.24, 2.45) is 5.41 Å². The van der Waals surface area contributed by atoms with Gasteiger partial charge in [0.05, 0.1) is 24.7 Å². The summed E-state index contributed by atoms with van der Waals surface area (Å²) in [5.41, 5.74) is -0.130. The van der Waals surface area contributed by atoms with Gasteiger partial charge in [-0.15, -0.1) is 0 Å². The van der Waals surface area contributed by atoms with Crippen molar-refractivity contribution < 1.29 is 29.2 Å². The van der Waals surface area contributed by atoms with Gasteiger partial charge in [0, 0.05) is 0 Å². The van der Waals surface area contributed by atoms with Crippen LogP contribution in [0.2, 0.25) is 0 Å². The monoisotopic (exact) mass is 296 g/mol. The van der Waals surface area contributed by atoms with E-state index in [9.17, 15) is 9.59 Å². The molecule has 0 amide bonds. The van der Waals surface area contributed by atoms with E-state index < -0.39 is 11.4 Å². The van der Waals surface area contributed by atoms with Crippen LogP contribution in [0.4, 0.5) is 0 Å². The lowest BCUT2D eigenvalue weighted by Crippen LogP contribution is -2.33. The van der Waals surface area contributed by atoms with Crippen molar-refractivity contribution in [3.05, 3.63) is 35.4 Å². The molecular formula is C15H20O6. The number of carboxylic acid groups (broad SMARTS) is 1. The highest BCUT2D eigenvalue weighted by Gasteiger charge is 2.33. The van der Waals surface area contributed by atoms with Gasteiger partial charge in [0.1, 0.15) is 6.61 Å². The van der Waals surface area contributed by atoms with Gasteiger partial charge in [-0.05, 0) is 25.0 Å². The lowest BCUT2D eigenvalue weighted by molar-refractivity contribution is -0.317.